The number of hydrogen-bond acceptors (Lipinski definition) is 5. The topological polar surface area (TPSA) is 24.9 Å². The zero-order valence-corrected chi connectivity index (χ0v) is 11.5. The number of nitrogens with zero attached hydrogens (tertiary/aromatic N) is 1. The maximum absolute atomic E-state index is 4.27. The van der Waals surface area contributed by atoms with Gasteiger partial charge in [-0.2, -0.15) is 0 Å². The molecular weight excluding hydrogens is 256 g/mol. The lowest BCUT2D eigenvalue weighted by atomic mass is 10.4. The molecule has 0 amide bonds. The Balaban J connectivity index is 1.66. The summed E-state index contributed by atoms with van der Waals surface area (Å²) in [5.74, 6) is 0. The lowest BCUT2D eigenvalue weighted by Crippen LogP contribution is -2.21. The molecule has 0 aliphatic rings. The van der Waals surface area contributed by atoms with Crippen LogP contribution in [0.1, 0.15) is 11.8 Å². The summed E-state index contributed by atoms with van der Waals surface area (Å²) >= 11 is 5.34. The molecule has 0 spiro atoms. The van der Waals surface area contributed by atoms with E-state index >= 15 is 0 Å². The van der Waals surface area contributed by atoms with Crippen molar-refractivity contribution in [3.63, 3.8) is 0 Å². The second-order valence-electron chi connectivity index (χ2n) is 3.44. The minimum absolute atomic E-state index is 0.561. The first kappa shape index (κ1) is 12.1. The summed E-state index contributed by atoms with van der Waals surface area (Å²) in [6, 6.07) is 4.26. The number of thiophene rings is 1. The fourth-order valence-corrected chi connectivity index (χ4v) is 3.88. The number of nitrogens with one attached hydrogen (secondary N) is 1. The Morgan fingerprint density at radius 3 is 3.06 bits per heavy atom. The highest BCUT2D eigenvalue weighted by molar-refractivity contribution is 8.01. The Morgan fingerprint density at radius 2 is 2.38 bits per heavy atom. The van der Waals surface area contributed by atoms with Crippen molar-refractivity contribution in [2.45, 2.75) is 23.1 Å². The monoisotopic (exact) mass is 270 g/mol. The van der Waals surface area contributed by atoms with Gasteiger partial charge in [0.05, 0.1) is 0 Å². The van der Waals surface area contributed by atoms with Crippen LogP contribution in [-0.4, -0.2) is 16.8 Å². The number of rotatable bonds is 6. The highest BCUT2D eigenvalue weighted by atomic mass is 32.2. The van der Waals surface area contributed by atoms with E-state index in [0.29, 0.717) is 5.25 Å². The van der Waals surface area contributed by atoms with Gasteiger partial charge >= 0.3 is 0 Å². The van der Waals surface area contributed by atoms with E-state index in [1.807, 2.05) is 23.3 Å². The predicted octanol–water partition coefficient (Wildman–Crippen LogP) is 3.48. The first-order valence-electron chi connectivity index (χ1n) is 5.14. The molecule has 2 rings (SSSR count). The highest BCUT2D eigenvalue weighted by Crippen LogP contribution is 2.24. The lowest BCUT2D eigenvalue weighted by Gasteiger charge is -2.09. The average molecular weight is 270 g/mol. The number of hydrogen-bond donors (Lipinski definition) is 1. The lowest BCUT2D eigenvalue weighted by molar-refractivity contribution is 0.690. The molecule has 0 aliphatic carbocycles. The van der Waals surface area contributed by atoms with Crippen molar-refractivity contribution in [1.82, 2.24) is 10.3 Å². The zero-order chi connectivity index (χ0) is 11.2. The molecular formula is C11H14N2S3. The molecule has 0 fully saturated rings. The van der Waals surface area contributed by atoms with Crippen LogP contribution in [0.25, 0.3) is 0 Å². The third-order valence-electron chi connectivity index (χ3n) is 2.02. The average Bonchev–Trinajstić information content (AvgIpc) is 2.90. The van der Waals surface area contributed by atoms with E-state index in [0.717, 1.165) is 17.4 Å². The van der Waals surface area contributed by atoms with Crippen molar-refractivity contribution < 1.29 is 0 Å². The second kappa shape index (κ2) is 6.39. The minimum Gasteiger partial charge on any atom is -0.311 e. The summed E-state index contributed by atoms with van der Waals surface area (Å²) in [6.07, 6.45) is 1.86. The first-order chi connectivity index (χ1) is 7.84. The molecule has 0 aliphatic heterocycles. The van der Waals surface area contributed by atoms with Gasteiger partial charge in [0.1, 0.15) is 4.34 Å². The summed E-state index contributed by atoms with van der Waals surface area (Å²) in [5.41, 5.74) is 0. The van der Waals surface area contributed by atoms with Crippen molar-refractivity contribution in [1.29, 1.82) is 0 Å². The molecule has 5 heteroatoms. The molecule has 1 unspecified atom stereocenters. The quantitative estimate of drug-likeness (QED) is 0.814. The SMILES string of the molecule is CC(CNCc1cccs1)Sc1nccs1. The molecule has 0 radical (unpaired) electrons. The maximum atomic E-state index is 4.27. The molecule has 16 heavy (non-hydrogen) atoms. The second-order valence-corrected chi connectivity index (χ2v) is 7.05. The molecule has 2 nitrogen and oxygen atoms in total. The van der Waals surface area contributed by atoms with Gasteiger partial charge in [-0.1, -0.05) is 24.8 Å². The van der Waals surface area contributed by atoms with Crippen LogP contribution in [0.15, 0.2) is 33.4 Å². The van der Waals surface area contributed by atoms with Crippen LogP contribution in [0.5, 0.6) is 0 Å². The third-order valence-corrected chi connectivity index (χ3v) is 4.92. The van der Waals surface area contributed by atoms with Gasteiger partial charge in [-0.05, 0) is 11.4 Å². The van der Waals surface area contributed by atoms with Crippen LogP contribution in [0.2, 0.25) is 0 Å². The van der Waals surface area contributed by atoms with Gasteiger partial charge in [0.15, 0.2) is 0 Å². The fourth-order valence-electron chi connectivity index (χ4n) is 1.29. The summed E-state index contributed by atoms with van der Waals surface area (Å²) < 4.78 is 1.16. The Hall–Kier alpha value is -0.360. The van der Waals surface area contributed by atoms with Gasteiger partial charge in [0, 0.05) is 34.8 Å². The van der Waals surface area contributed by atoms with Crippen LogP contribution in [0.4, 0.5) is 0 Å². The molecule has 0 bridgehead atoms. The summed E-state index contributed by atoms with van der Waals surface area (Å²) in [4.78, 5) is 5.66. The van der Waals surface area contributed by atoms with Gasteiger partial charge in [0.2, 0.25) is 0 Å². The molecule has 2 aromatic heterocycles. The molecule has 0 saturated heterocycles. The van der Waals surface area contributed by atoms with Crippen LogP contribution in [0, 0.1) is 0 Å². The van der Waals surface area contributed by atoms with E-state index < -0.39 is 0 Å². The minimum atomic E-state index is 0.561. The molecule has 1 N–H and O–H groups in total. The van der Waals surface area contributed by atoms with E-state index in [9.17, 15) is 0 Å². The Kier molecular flexibility index (Phi) is 4.84. The van der Waals surface area contributed by atoms with Gasteiger partial charge in [-0.15, -0.1) is 22.7 Å². The fraction of sp³-hybridized carbons (Fsp3) is 0.364. The number of thiazole rings is 1. The van der Waals surface area contributed by atoms with Crippen molar-refractivity contribution in [2.75, 3.05) is 6.54 Å². The molecule has 2 aromatic rings. The Morgan fingerprint density at radius 1 is 1.44 bits per heavy atom. The molecule has 86 valence electrons. The van der Waals surface area contributed by atoms with Gasteiger partial charge < -0.3 is 5.32 Å². The van der Waals surface area contributed by atoms with Crippen molar-refractivity contribution in [2.24, 2.45) is 0 Å². The summed E-state index contributed by atoms with van der Waals surface area (Å²) in [6.45, 7) is 4.22. The number of aromatic nitrogens is 1. The smallest absolute Gasteiger partial charge is 0.150 e. The van der Waals surface area contributed by atoms with Crippen molar-refractivity contribution >= 4 is 34.4 Å². The Bertz CT molecular complexity index is 383. The zero-order valence-electron chi connectivity index (χ0n) is 9.05. The Labute approximate surface area is 108 Å². The largest absolute Gasteiger partial charge is 0.311 e. The van der Waals surface area contributed by atoms with Crippen molar-refractivity contribution in [3.05, 3.63) is 34.0 Å². The van der Waals surface area contributed by atoms with Crippen LogP contribution in [0.3, 0.4) is 0 Å². The van der Waals surface area contributed by atoms with E-state index in [1.165, 1.54) is 4.88 Å². The van der Waals surface area contributed by atoms with Crippen LogP contribution >= 0.6 is 34.4 Å². The predicted molar refractivity (Wildman–Crippen MR) is 73.5 cm³/mol. The van der Waals surface area contributed by atoms with Gasteiger partial charge in [-0.3, -0.25) is 0 Å². The first-order valence-corrected chi connectivity index (χ1v) is 7.78. The molecule has 0 saturated carbocycles. The molecule has 2 heterocycles. The highest BCUT2D eigenvalue weighted by Gasteiger charge is 2.05. The van der Waals surface area contributed by atoms with E-state index in [-0.39, 0.29) is 0 Å². The van der Waals surface area contributed by atoms with Crippen LogP contribution < -0.4 is 5.32 Å². The van der Waals surface area contributed by atoms with Crippen molar-refractivity contribution in [3.8, 4) is 0 Å². The normalized spacial score (nSPS) is 12.8. The van der Waals surface area contributed by atoms with E-state index in [1.54, 1.807) is 22.7 Å². The van der Waals surface area contributed by atoms with Crippen LogP contribution in [-0.2, 0) is 6.54 Å². The molecule has 1 atom stereocenters. The maximum Gasteiger partial charge on any atom is 0.150 e. The summed E-state index contributed by atoms with van der Waals surface area (Å²) in [5, 5.41) is 8.17. The summed E-state index contributed by atoms with van der Waals surface area (Å²) in [7, 11) is 0. The third kappa shape index (κ3) is 3.90. The molecule has 0 aromatic carbocycles. The standard InChI is InChI=1S/C11H14N2S3/c1-9(16-11-13-4-6-15-11)7-12-8-10-3-2-5-14-10/h2-6,9,12H,7-8H2,1H3. The van der Waals surface area contributed by atoms with E-state index in [4.69, 9.17) is 0 Å². The van der Waals surface area contributed by atoms with Gasteiger partial charge in [-0.25, -0.2) is 4.98 Å². The van der Waals surface area contributed by atoms with E-state index in [2.05, 4.69) is 34.7 Å². The number of thioether (sulfide) groups is 1. The van der Waals surface area contributed by atoms with Gasteiger partial charge in [0.25, 0.3) is 0 Å².